The number of carbonyl (C=O) groups is 1. The molecule has 0 fully saturated rings. The van der Waals surface area contributed by atoms with Crippen LogP contribution in [0.15, 0.2) is 23.4 Å². The Hall–Kier alpha value is -1.97. The van der Waals surface area contributed by atoms with Crippen molar-refractivity contribution in [1.82, 2.24) is 14.5 Å². The molecule has 2 aliphatic carbocycles. The molecule has 7 nitrogen and oxygen atoms in total. The van der Waals surface area contributed by atoms with Crippen LogP contribution in [0.1, 0.15) is 42.0 Å². The third-order valence-corrected chi connectivity index (χ3v) is 6.40. The lowest BCUT2D eigenvalue weighted by Crippen LogP contribution is -2.24. The van der Waals surface area contributed by atoms with Crippen LogP contribution < -0.4 is 10.0 Å². The highest BCUT2D eigenvalue weighted by Gasteiger charge is 2.25. The first kappa shape index (κ1) is 20.3. The van der Waals surface area contributed by atoms with Gasteiger partial charge in [-0.15, -0.1) is 0 Å². The molecule has 2 aromatic rings. The van der Waals surface area contributed by atoms with Crippen LogP contribution in [-0.4, -0.2) is 33.0 Å². The summed E-state index contributed by atoms with van der Waals surface area (Å²) in [5.41, 5.74) is 6.46. The van der Waals surface area contributed by atoms with Crippen LogP contribution in [0.25, 0.3) is 0 Å². The SMILES string of the molecule is CC(CB(O)O)Cn1ccc(SNC(=O)Nc2c3c(cc4c2CCC4)CCC3)n1. The summed E-state index contributed by atoms with van der Waals surface area (Å²) in [5, 5.41) is 26.3. The van der Waals surface area contributed by atoms with Crippen molar-refractivity contribution in [2.24, 2.45) is 5.92 Å². The molecule has 4 N–H and O–H groups in total. The molecule has 0 bridgehead atoms. The first-order valence-electron chi connectivity index (χ1n) is 10.3. The van der Waals surface area contributed by atoms with Crippen molar-refractivity contribution in [3.05, 3.63) is 40.6 Å². The van der Waals surface area contributed by atoms with Crippen LogP contribution in [0.3, 0.4) is 0 Å². The summed E-state index contributed by atoms with van der Waals surface area (Å²) in [6, 6.07) is 3.97. The van der Waals surface area contributed by atoms with Gasteiger partial charge in [-0.3, -0.25) is 9.40 Å². The normalized spacial score (nSPS) is 15.7. The van der Waals surface area contributed by atoms with E-state index in [1.165, 1.54) is 34.2 Å². The molecule has 1 heterocycles. The van der Waals surface area contributed by atoms with Gasteiger partial charge in [-0.25, -0.2) is 4.79 Å². The molecule has 1 aromatic heterocycles. The number of rotatable bonds is 7. The Morgan fingerprint density at radius 1 is 1.24 bits per heavy atom. The molecule has 1 atom stereocenters. The standard InChI is InChI=1S/C20H27BN4O3S/c1-13(11-21(27)28)12-25-9-8-18(23-25)29-24-20(26)22-19-16-6-2-4-14(16)10-15-5-3-7-17(15)19/h8-10,13,27-28H,2-7,11-12H2,1H3,(H2,22,24,26). The quantitative estimate of drug-likeness (QED) is 0.413. The van der Waals surface area contributed by atoms with Gasteiger partial charge >= 0.3 is 13.1 Å². The average Bonchev–Trinajstić information content (AvgIpc) is 3.39. The first-order valence-corrected chi connectivity index (χ1v) is 11.1. The van der Waals surface area contributed by atoms with Crippen LogP contribution in [0.2, 0.25) is 6.32 Å². The molecule has 154 valence electrons. The van der Waals surface area contributed by atoms with Crippen LogP contribution >= 0.6 is 11.9 Å². The Morgan fingerprint density at radius 2 is 1.93 bits per heavy atom. The zero-order chi connectivity index (χ0) is 20.4. The summed E-state index contributed by atoms with van der Waals surface area (Å²) < 4.78 is 4.60. The van der Waals surface area contributed by atoms with E-state index in [-0.39, 0.29) is 11.9 Å². The molecule has 29 heavy (non-hydrogen) atoms. The average molecular weight is 414 g/mol. The Morgan fingerprint density at radius 3 is 2.59 bits per heavy atom. The second-order valence-electron chi connectivity index (χ2n) is 8.09. The van der Waals surface area contributed by atoms with Crippen molar-refractivity contribution < 1.29 is 14.8 Å². The highest BCUT2D eigenvalue weighted by molar-refractivity contribution is 7.97. The van der Waals surface area contributed by atoms with E-state index < -0.39 is 7.12 Å². The summed E-state index contributed by atoms with van der Waals surface area (Å²) >= 11 is 1.18. The third-order valence-electron chi connectivity index (χ3n) is 5.69. The summed E-state index contributed by atoms with van der Waals surface area (Å²) in [5.74, 6) is 0.0891. The molecule has 0 saturated heterocycles. The van der Waals surface area contributed by atoms with Gasteiger partial charge in [-0.05, 0) is 79.1 Å². The van der Waals surface area contributed by atoms with E-state index in [0.717, 1.165) is 44.2 Å². The number of amides is 2. The zero-order valence-corrected chi connectivity index (χ0v) is 17.5. The van der Waals surface area contributed by atoms with Crippen LogP contribution in [0.5, 0.6) is 0 Å². The monoisotopic (exact) mass is 414 g/mol. The maximum absolute atomic E-state index is 12.6. The van der Waals surface area contributed by atoms with Gasteiger partial charge in [0, 0.05) is 30.4 Å². The van der Waals surface area contributed by atoms with Crippen molar-refractivity contribution in [3.63, 3.8) is 0 Å². The van der Waals surface area contributed by atoms with Gasteiger partial charge in [-0.1, -0.05) is 13.0 Å². The van der Waals surface area contributed by atoms with E-state index >= 15 is 0 Å². The van der Waals surface area contributed by atoms with E-state index in [2.05, 4.69) is 21.2 Å². The lowest BCUT2D eigenvalue weighted by molar-refractivity contribution is 0.257. The van der Waals surface area contributed by atoms with Gasteiger partial charge in [0.25, 0.3) is 0 Å². The molecule has 1 aromatic carbocycles. The summed E-state index contributed by atoms with van der Waals surface area (Å²) in [6.45, 7) is 2.53. The Bertz CT molecular complexity index is 870. The number of anilines is 1. The number of hydrogen-bond acceptors (Lipinski definition) is 5. The molecule has 4 rings (SSSR count). The molecule has 0 saturated carbocycles. The highest BCUT2D eigenvalue weighted by atomic mass is 32.2. The van der Waals surface area contributed by atoms with E-state index in [1.807, 2.05) is 19.2 Å². The van der Waals surface area contributed by atoms with E-state index in [9.17, 15) is 4.79 Å². The number of carbonyl (C=O) groups excluding carboxylic acids is 1. The van der Waals surface area contributed by atoms with Crippen molar-refractivity contribution >= 4 is 30.8 Å². The fraction of sp³-hybridized carbons (Fsp3) is 0.500. The number of aryl methyl sites for hydroxylation is 2. The van der Waals surface area contributed by atoms with E-state index in [1.54, 1.807) is 4.68 Å². The van der Waals surface area contributed by atoms with Gasteiger partial charge in [0.15, 0.2) is 0 Å². The second kappa shape index (κ2) is 8.81. The van der Waals surface area contributed by atoms with Gasteiger partial charge in [0.1, 0.15) is 5.03 Å². The van der Waals surface area contributed by atoms with Crippen molar-refractivity contribution in [1.29, 1.82) is 0 Å². The predicted molar refractivity (Wildman–Crippen MR) is 115 cm³/mol. The van der Waals surface area contributed by atoms with Gasteiger partial charge in [0.05, 0.1) is 0 Å². The predicted octanol–water partition coefficient (Wildman–Crippen LogP) is 2.80. The summed E-state index contributed by atoms with van der Waals surface area (Å²) in [7, 11) is -1.30. The van der Waals surface area contributed by atoms with Gasteiger partial charge in [0.2, 0.25) is 0 Å². The van der Waals surface area contributed by atoms with Crippen LogP contribution in [-0.2, 0) is 32.2 Å². The lowest BCUT2D eigenvalue weighted by Gasteiger charge is -2.16. The topological polar surface area (TPSA) is 99.4 Å². The Balaban J connectivity index is 1.35. The van der Waals surface area contributed by atoms with Crippen LogP contribution in [0.4, 0.5) is 10.5 Å². The Kier molecular flexibility index (Phi) is 6.17. The van der Waals surface area contributed by atoms with Gasteiger partial charge < -0.3 is 15.4 Å². The molecule has 0 aliphatic heterocycles. The zero-order valence-electron chi connectivity index (χ0n) is 16.6. The number of benzene rings is 1. The minimum atomic E-state index is -1.30. The highest BCUT2D eigenvalue weighted by Crippen LogP contribution is 2.38. The maximum Gasteiger partial charge on any atom is 0.451 e. The minimum absolute atomic E-state index is 0.0891. The molecule has 0 radical (unpaired) electrons. The number of nitrogens with one attached hydrogen (secondary N) is 2. The minimum Gasteiger partial charge on any atom is -0.427 e. The third kappa shape index (κ3) is 4.79. The number of urea groups is 1. The fourth-order valence-electron chi connectivity index (χ4n) is 4.46. The van der Waals surface area contributed by atoms with Gasteiger partial charge in [-0.2, -0.15) is 5.10 Å². The largest absolute Gasteiger partial charge is 0.451 e. The van der Waals surface area contributed by atoms with Crippen molar-refractivity contribution in [2.75, 3.05) is 5.32 Å². The van der Waals surface area contributed by atoms with E-state index in [0.29, 0.717) is 17.9 Å². The number of aromatic nitrogens is 2. The lowest BCUT2D eigenvalue weighted by atomic mass is 9.79. The Labute approximate surface area is 175 Å². The molecular weight excluding hydrogens is 387 g/mol. The molecule has 0 spiro atoms. The summed E-state index contributed by atoms with van der Waals surface area (Å²) in [6.07, 6.45) is 8.74. The fourth-order valence-corrected chi connectivity index (χ4v) is 4.98. The number of hydrogen-bond donors (Lipinski definition) is 4. The first-order chi connectivity index (χ1) is 14.0. The molecule has 1 unspecified atom stereocenters. The van der Waals surface area contributed by atoms with Crippen LogP contribution in [0, 0.1) is 5.92 Å². The second-order valence-corrected chi connectivity index (χ2v) is 8.92. The maximum atomic E-state index is 12.6. The molecule has 2 amide bonds. The number of nitrogens with zero attached hydrogens (tertiary/aromatic N) is 2. The van der Waals surface area contributed by atoms with E-state index in [4.69, 9.17) is 10.0 Å². The number of fused-ring (bicyclic) bond motifs is 2. The summed E-state index contributed by atoms with van der Waals surface area (Å²) in [4.78, 5) is 12.6. The molecular formula is C20H27BN4O3S. The van der Waals surface area contributed by atoms with Crippen molar-refractivity contribution in [2.45, 2.75) is 63.3 Å². The molecule has 9 heteroatoms. The van der Waals surface area contributed by atoms with Crippen molar-refractivity contribution in [3.8, 4) is 0 Å². The molecule has 2 aliphatic rings. The smallest absolute Gasteiger partial charge is 0.427 e.